The third-order valence-corrected chi connectivity index (χ3v) is 4.16. The number of hydrogen-bond acceptors (Lipinski definition) is 10. The molecule has 0 atom stereocenters. The van der Waals surface area contributed by atoms with E-state index < -0.39 is 9.85 Å². The van der Waals surface area contributed by atoms with E-state index in [9.17, 15) is 20.2 Å². The number of rotatable bonds is 5. The molecule has 29 heavy (non-hydrogen) atoms. The highest BCUT2D eigenvalue weighted by Crippen LogP contribution is 2.25. The molecule has 0 radical (unpaired) electrons. The van der Waals surface area contributed by atoms with Gasteiger partial charge >= 0.3 is 12.0 Å². The third-order valence-electron chi connectivity index (χ3n) is 3.68. The summed E-state index contributed by atoms with van der Waals surface area (Å²) in [7, 11) is 0. The van der Waals surface area contributed by atoms with Crippen molar-refractivity contribution in [1.82, 2.24) is 4.90 Å². The highest BCUT2D eigenvalue weighted by molar-refractivity contribution is 7.97. The van der Waals surface area contributed by atoms with E-state index in [0.29, 0.717) is 11.5 Å². The second-order valence-electron chi connectivity index (χ2n) is 6.00. The minimum Gasteiger partial charge on any atom is -0.425 e. The van der Waals surface area contributed by atoms with Gasteiger partial charge in [0.1, 0.15) is 23.6 Å². The molecular formula is C17H15N5O6S. The molecule has 0 aromatic heterocycles. The van der Waals surface area contributed by atoms with Gasteiger partial charge in [-0.1, -0.05) is 0 Å². The Bertz CT molecular complexity index is 899. The Morgan fingerprint density at radius 1 is 0.828 bits per heavy atom. The van der Waals surface area contributed by atoms with Crippen molar-refractivity contribution in [1.29, 1.82) is 0 Å². The molecule has 0 unspecified atom stereocenters. The predicted molar refractivity (Wildman–Crippen MR) is 107 cm³/mol. The smallest absolute Gasteiger partial charge is 0.314 e. The maximum atomic E-state index is 10.8. The second kappa shape index (κ2) is 8.56. The van der Waals surface area contributed by atoms with Gasteiger partial charge in [-0.25, -0.2) is 4.90 Å². The lowest BCUT2D eigenvalue weighted by atomic mass is 10.3. The normalized spacial score (nSPS) is 13.6. The van der Waals surface area contributed by atoms with Crippen LogP contribution in [-0.2, 0) is 0 Å². The summed E-state index contributed by atoms with van der Waals surface area (Å²) >= 11 is 0.855. The summed E-state index contributed by atoms with van der Waals surface area (Å²) in [5.41, 5.74) is -0.108. The molecule has 2 aromatic rings. The highest BCUT2D eigenvalue weighted by Gasteiger charge is 2.29. The van der Waals surface area contributed by atoms with Gasteiger partial charge in [0.2, 0.25) is 0 Å². The third kappa shape index (κ3) is 4.79. The topological polar surface area (TPSA) is 133 Å². The maximum absolute atomic E-state index is 10.8. The van der Waals surface area contributed by atoms with E-state index in [4.69, 9.17) is 9.47 Å². The van der Waals surface area contributed by atoms with Gasteiger partial charge in [0.15, 0.2) is 0 Å². The Morgan fingerprint density at radius 3 is 1.52 bits per heavy atom. The summed E-state index contributed by atoms with van der Waals surface area (Å²) in [6.45, 7) is 3.75. The second-order valence-corrected chi connectivity index (χ2v) is 6.53. The Labute approximate surface area is 169 Å². The lowest BCUT2D eigenvalue weighted by Crippen LogP contribution is -2.47. The number of non-ortho nitro benzene ring substituents is 2. The fourth-order valence-electron chi connectivity index (χ4n) is 2.32. The predicted octanol–water partition coefficient (Wildman–Crippen LogP) is 3.96. The molecule has 0 amide bonds. The highest BCUT2D eigenvalue weighted by atomic mass is 32.2. The van der Waals surface area contributed by atoms with Crippen molar-refractivity contribution in [2.45, 2.75) is 19.9 Å². The Hall–Kier alpha value is -3.67. The van der Waals surface area contributed by atoms with E-state index in [1.165, 1.54) is 48.5 Å². The first-order valence-corrected chi connectivity index (χ1v) is 9.04. The molecule has 2 aromatic carbocycles. The zero-order chi connectivity index (χ0) is 21.0. The lowest BCUT2D eigenvalue weighted by Gasteiger charge is -2.30. The summed E-state index contributed by atoms with van der Waals surface area (Å²) in [5.74, 6) is 0.717. The van der Waals surface area contributed by atoms with Crippen LogP contribution in [0.1, 0.15) is 13.8 Å². The molecule has 12 heteroatoms. The van der Waals surface area contributed by atoms with Gasteiger partial charge in [0.05, 0.1) is 9.85 Å². The Kier molecular flexibility index (Phi) is 5.93. The summed E-state index contributed by atoms with van der Waals surface area (Å²) in [4.78, 5) is 22.2. The molecule has 0 aliphatic carbocycles. The molecule has 0 spiro atoms. The van der Waals surface area contributed by atoms with Gasteiger partial charge in [-0.05, 0) is 38.1 Å². The number of hydrogen-bond donors (Lipinski definition) is 0. The van der Waals surface area contributed by atoms with Crippen LogP contribution in [0.5, 0.6) is 11.5 Å². The van der Waals surface area contributed by atoms with Crippen molar-refractivity contribution in [3.8, 4) is 11.5 Å². The van der Waals surface area contributed by atoms with Gasteiger partial charge in [0.25, 0.3) is 11.4 Å². The number of ether oxygens (including phenoxy) is 2. The number of nitro benzene ring substituents is 2. The molecular weight excluding hydrogens is 402 g/mol. The average Bonchev–Trinajstić information content (AvgIpc) is 2.68. The molecule has 1 heterocycles. The van der Waals surface area contributed by atoms with Crippen LogP contribution in [0.2, 0.25) is 0 Å². The fourth-order valence-corrected chi connectivity index (χ4v) is 2.75. The summed E-state index contributed by atoms with van der Waals surface area (Å²) in [6, 6.07) is 11.4. The van der Waals surface area contributed by atoms with E-state index in [-0.39, 0.29) is 29.5 Å². The molecule has 11 nitrogen and oxygen atoms in total. The molecule has 0 N–H and O–H groups in total. The molecule has 150 valence electrons. The van der Waals surface area contributed by atoms with Gasteiger partial charge in [0, 0.05) is 30.3 Å². The molecule has 0 bridgehead atoms. The van der Waals surface area contributed by atoms with Crippen molar-refractivity contribution in [2.75, 3.05) is 0 Å². The van der Waals surface area contributed by atoms with Crippen LogP contribution in [0.4, 0.5) is 11.4 Å². The molecule has 3 rings (SSSR count). The first-order valence-electron chi connectivity index (χ1n) is 8.31. The largest absolute Gasteiger partial charge is 0.425 e. The van der Waals surface area contributed by atoms with Crippen LogP contribution in [-0.4, -0.2) is 32.8 Å². The number of benzene rings is 2. The maximum Gasteiger partial charge on any atom is 0.314 e. The van der Waals surface area contributed by atoms with Crippen LogP contribution in [0, 0.1) is 20.2 Å². The first kappa shape index (κ1) is 20.1. The van der Waals surface area contributed by atoms with Crippen LogP contribution >= 0.6 is 12.1 Å². The van der Waals surface area contributed by atoms with Crippen LogP contribution < -0.4 is 9.47 Å². The zero-order valence-electron chi connectivity index (χ0n) is 15.3. The fraction of sp³-hybridized carbons (Fsp3) is 0.176. The van der Waals surface area contributed by atoms with Gasteiger partial charge in [-0.3, -0.25) is 20.2 Å². The monoisotopic (exact) mass is 417 g/mol. The summed E-state index contributed by atoms with van der Waals surface area (Å²) in [5, 5.41) is 21.6. The van der Waals surface area contributed by atoms with E-state index in [0.717, 1.165) is 12.1 Å². The summed E-state index contributed by atoms with van der Waals surface area (Å²) < 4.78 is 19.9. The minimum absolute atomic E-state index is 0.0539. The van der Waals surface area contributed by atoms with Gasteiger partial charge in [-0.2, -0.15) is 0 Å². The lowest BCUT2D eigenvalue weighted by molar-refractivity contribution is -0.385. The average molecular weight is 417 g/mol. The Balaban J connectivity index is 1.76. The van der Waals surface area contributed by atoms with Gasteiger partial charge in [-0.15, -0.1) is 8.80 Å². The van der Waals surface area contributed by atoms with E-state index in [1.54, 1.807) is 4.90 Å². The van der Waals surface area contributed by atoms with Crippen molar-refractivity contribution in [3.05, 3.63) is 68.8 Å². The van der Waals surface area contributed by atoms with Crippen molar-refractivity contribution in [3.63, 3.8) is 0 Å². The Morgan fingerprint density at radius 2 is 1.21 bits per heavy atom. The molecule has 0 saturated carbocycles. The molecule has 0 saturated heterocycles. The van der Waals surface area contributed by atoms with Crippen LogP contribution in [0.15, 0.2) is 57.3 Å². The van der Waals surface area contributed by atoms with Gasteiger partial charge < -0.3 is 9.47 Å². The van der Waals surface area contributed by atoms with E-state index in [2.05, 4.69) is 8.80 Å². The molecule has 1 aliphatic heterocycles. The quantitative estimate of drug-likeness (QED) is 0.405. The van der Waals surface area contributed by atoms with Crippen LogP contribution in [0.3, 0.4) is 0 Å². The van der Waals surface area contributed by atoms with E-state index in [1.807, 2.05) is 13.8 Å². The minimum atomic E-state index is -0.499. The van der Waals surface area contributed by atoms with Crippen molar-refractivity contribution in [2.24, 2.45) is 8.80 Å². The molecule has 0 fully saturated rings. The zero-order valence-corrected chi connectivity index (χ0v) is 16.1. The number of nitrogens with zero attached hydrogens (tertiary/aromatic N) is 5. The molecule has 1 aliphatic rings. The summed E-state index contributed by atoms with van der Waals surface area (Å²) in [6.07, 6.45) is 0. The first-order chi connectivity index (χ1) is 13.8. The SMILES string of the molecule is CC(C)N1C(Oc2ccc([N+](=O)[O-])cc2)=NSN=C1Oc1ccc([N+](=O)[O-])cc1. The van der Waals surface area contributed by atoms with Crippen molar-refractivity contribution < 1.29 is 19.3 Å². The standard InChI is InChI=1S/C17H15N5O6S/c1-11(2)20-16(27-14-7-3-12(4-8-14)21(23)24)18-29-19-17(20)28-15-9-5-13(6-10-15)22(25)26/h3-11H,1-2H3. The van der Waals surface area contributed by atoms with E-state index >= 15 is 0 Å². The van der Waals surface area contributed by atoms with Crippen molar-refractivity contribution >= 4 is 35.6 Å². The number of nitro groups is 2. The number of amidine groups is 2. The van der Waals surface area contributed by atoms with Crippen LogP contribution in [0.25, 0.3) is 0 Å².